The highest BCUT2D eigenvalue weighted by molar-refractivity contribution is 5.95. The molecule has 2 fully saturated rings. The van der Waals surface area contributed by atoms with Crippen LogP contribution in [0, 0.1) is 0 Å². The largest absolute Gasteiger partial charge is 0.494 e. The van der Waals surface area contributed by atoms with Crippen LogP contribution in [0.25, 0.3) is 0 Å². The van der Waals surface area contributed by atoms with E-state index in [1.165, 1.54) is 0 Å². The quantitative estimate of drug-likeness (QED) is 0.897. The van der Waals surface area contributed by atoms with E-state index in [9.17, 15) is 9.59 Å². The molecule has 2 amide bonds. The maximum atomic E-state index is 12.5. The first kappa shape index (κ1) is 16.8. The number of nitrogens with one attached hydrogen (secondary N) is 1. The number of hydrogen-bond acceptors (Lipinski definition) is 4. The van der Waals surface area contributed by atoms with Crippen LogP contribution >= 0.6 is 0 Å². The van der Waals surface area contributed by atoms with Gasteiger partial charge in [-0.3, -0.25) is 9.59 Å². The SMILES string of the molecule is CCOc1ccc(NC(=O)CC2OCC3CCCCN3C2=O)cc1. The van der Waals surface area contributed by atoms with Gasteiger partial charge in [-0.05, 0) is 50.5 Å². The molecule has 130 valence electrons. The molecule has 3 rings (SSSR count). The maximum absolute atomic E-state index is 12.5. The number of anilines is 1. The van der Waals surface area contributed by atoms with Crippen LogP contribution < -0.4 is 10.1 Å². The van der Waals surface area contributed by atoms with Crippen molar-refractivity contribution in [2.24, 2.45) is 0 Å². The van der Waals surface area contributed by atoms with E-state index >= 15 is 0 Å². The third-order valence-electron chi connectivity index (χ3n) is 4.50. The van der Waals surface area contributed by atoms with E-state index in [0.717, 1.165) is 31.6 Å². The number of carbonyl (C=O) groups is 2. The fourth-order valence-electron chi connectivity index (χ4n) is 3.28. The lowest BCUT2D eigenvalue weighted by molar-refractivity contribution is -0.163. The topological polar surface area (TPSA) is 67.9 Å². The number of piperidine rings is 1. The van der Waals surface area contributed by atoms with E-state index in [4.69, 9.17) is 9.47 Å². The number of carbonyl (C=O) groups excluding carboxylic acids is 2. The lowest BCUT2D eigenvalue weighted by Crippen LogP contribution is -2.56. The molecule has 1 aromatic carbocycles. The van der Waals surface area contributed by atoms with Crippen molar-refractivity contribution >= 4 is 17.5 Å². The van der Waals surface area contributed by atoms with Crippen LogP contribution in [-0.2, 0) is 14.3 Å². The van der Waals surface area contributed by atoms with E-state index in [1.54, 1.807) is 24.3 Å². The Morgan fingerprint density at radius 1 is 1.33 bits per heavy atom. The molecule has 2 saturated heterocycles. The molecule has 2 aliphatic rings. The Morgan fingerprint density at radius 2 is 2.12 bits per heavy atom. The minimum absolute atomic E-state index is 0.0483. The molecule has 0 aromatic heterocycles. The smallest absolute Gasteiger partial charge is 0.252 e. The fraction of sp³-hybridized carbons (Fsp3) is 0.556. The lowest BCUT2D eigenvalue weighted by atomic mass is 9.99. The molecule has 6 nitrogen and oxygen atoms in total. The van der Waals surface area contributed by atoms with Crippen LogP contribution in [0.2, 0.25) is 0 Å². The predicted molar refractivity (Wildman–Crippen MR) is 89.9 cm³/mol. The van der Waals surface area contributed by atoms with Gasteiger partial charge in [-0.1, -0.05) is 0 Å². The normalized spacial score (nSPS) is 23.5. The Balaban J connectivity index is 1.53. The summed E-state index contributed by atoms with van der Waals surface area (Å²) in [6.07, 6.45) is 2.56. The summed E-state index contributed by atoms with van der Waals surface area (Å²) in [6.45, 7) is 3.84. The van der Waals surface area contributed by atoms with Gasteiger partial charge in [0, 0.05) is 12.2 Å². The van der Waals surface area contributed by atoms with E-state index < -0.39 is 6.10 Å². The van der Waals surface area contributed by atoms with Gasteiger partial charge in [-0.2, -0.15) is 0 Å². The van der Waals surface area contributed by atoms with Crippen LogP contribution in [0.4, 0.5) is 5.69 Å². The molecule has 0 saturated carbocycles. The van der Waals surface area contributed by atoms with Gasteiger partial charge in [0.1, 0.15) is 11.9 Å². The molecule has 2 unspecified atom stereocenters. The monoisotopic (exact) mass is 332 g/mol. The van der Waals surface area contributed by atoms with Crippen molar-refractivity contribution in [3.8, 4) is 5.75 Å². The number of amides is 2. The Morgan fingerprint density at radius 3 is 2.88 bits per heavy atom. The summed E-state index contributed by atoms with van der Waals surface area (Å²) in [6, 6.07) is 7.37. The van der Waals surface area contributed by atoms with Gasteiger partial charge in [0.05, 0.1) is 25.7 Å². The third-order valence-corrected chi connectivity index (χ3v) is 4.50. The lowest BCUT2D eigenvalue weighted by Gasteiger charge is -2.41. The summed E-state index contributed by atoms with van der Waals surface area (Å²) in [7, 11) is 0. The zero-order chi connectivity index (χ0) is 16.9. The number of fused-ring (bicyclic) bond motifs is 1. The summed E-state index contributed by atoms with van der Waals surface area (Å²) >= 11 is 0. The second kappa shape index (κ2) is 7.66. The van der Waals surface area contributed by atoms with Crippen molar-refractivity contribution in [3.63, 3.8) is 0 Å². The molecule has 24 heavy (non-hydrogen) atoms. The minimum Gasteiger partial charge on any atom is -0.494 e. The fourth-order valence-corrected chi connectivity index (χ4v) is 3.28. The second-order valence-electron chi connectivity index (χ2n) is 6.21. The number of ether oxygens (including phenoxy) is 2. The van der Waals surface area contributed by atoms with Crippen LogP contribution in [0.1, 0.15) is 32.6 Å². The zero-order valence-corrected chi connectivity index (χ0v) is 14.0. The standard InChI is InChI=1S/C18H24N2O4/c1-2-23-15-8-6-13(7-9-15)19-17(21)11-16-18(22)20-10-4-3-5-14(20)12-24-16/h6-9,14,16H,2-5,10-12H2,1H3,(H,19,21). The summed E-state index contributed by atoms with van der Waals surface area (Å²) in [5, 5.41) is 2.81. The summed E-state index contributed by atoms with van der Waals surface area (Å²) in [5.41, 5.74) is 0.683. The predicted octanol–water partition coefficient (Wildman–Crippen LogP) is 2.19. The highest BCUT2D eigenvalue weighted by Crippen LogP contribution is 2.24. The van der Waals surface area contributed by atoms with Gasteiger partial charge in [0.2, 0.25) is 5.91 Å². The first-order valence-electron chi connectivity index (χ1n) is 8.62. The summed E-state index contributed by atoms with van der Waals surface area (Å²) < 4.78 is 11.0. The van der Waals surface area contributed by atoms with Gasteiger partial charge >= 0.3 is 0 Å². The van der Waals surface area contributed by atoms with Crippen molar-refractivity contribution < 1.29 is 19.1 Å². The van der Waals surface area contributed by atoms with Gasteiger partial charge < -0.3 is 19.7 Å². The first-order valence-corrected chi connectivity index (χ1v) is 8.62. The van der Waals surface area contributed by atoms with E-state index in [-0.39, 0.29) is 24.3 Å². The van der Waals surface area contributed by atoms with Crippen LogP contribution in [0.5, 0.6) is 5.75 Å². The molecular formula is C18H24N2O4. The average molecular weight is 332 g/mol. The van der Waals surface area contributed by atoms with Gasteiger partial charge in [-0.25, -0.2) is 0 Å². The zero-order valence-electron chi connectivity index (χ0n) is 14.0. The average Bonchev–Trinajstić information content (AvgIpc) is 2.60. The number of morpholine rings is 1. The summed E-state index contributed by atoms with van der Waals surface area (Å²) in [4.78, 5) is 26.6. The van der Waals surface area contributed by atoms with Gasteiger partial charge in [-0.15, -0.1) is 0 Å². The van der Waals surface area contributed by atoms with Crippen molar-refractivity contribution in [3.05, 3.63) is 24.3 Å². The minimum atomic E-state index is -0.665. The molecule has 0 spiro atoms. The third kappa shape index (κ3) is 3.87. The Labute approximate surface area is 142 Å². The van der Waals surface area contributed by atoms with Crippen LogP contribution in [-0.4, -0.2) is 48.6 Å². The Kier molecular flexibility index (Phi) is 5.35. The number of hydrogen-bond donors (Lipinski definition) is 1. The van der Waals surface area contributed by atoms with Gasteiger partial charge in [0.15, 0.2) is 0 Å². The molecule has 0 bridgehead atoms. The highest BCUT2D eigenvalue weighted by atomic mass is 16.5. The van der Waals surface area contributed by atoms with Crippen LogP contribution in [0.15, 0.2) is 24.3 Å². The molecule has 2 atom stereocenters. The molecule has 1 aromatic rings. The molecular weight excluding hydrogens is 308 g/mol. The molecule has 2 aliphatic heterocycles. The molecule has 0 aliphatic carbocycles. The van der Waals surface area contributed by atoms with E-state index in [0.29, 0.717) is 18.9 Å². The summed E-state index contributed by atoms with van der Waals surface area (Å²) in [5.74, 6) is 0.498. The molecule has 6 heteroatoms. The van der Waals surface area contributed by atoms with E-state index in [2.05, 4.69) is 5.32 Å². The van der Waals surface area contributed by atoms with Crippen molar-refractivity contribution in [1.82, 2.24) is 4.90 Å². The molecule has 0 radical (unpaired) electrons. The van der Waals surface area contributed by atoms with Crippen LogP contribution in [0.3, 0.4) is 0 Å². The highest BCUT2D eigenvalue weighted by Gasteiger charge is 2.38. The first-order chi connectivity index (χ1) is 11.7. The van der Waals surface area contributed by atoms with Crippen molar-refractivity contribution in [1.29, 1.82) is 0 Å². The van der Waals surface area contributed by atoms with Gasteiger partial charge in [0.25, 0.3) is 5.91 Å². The number of rotatable bonds is 5. The van der Waals surface area contributed by atoms with Crippen molar-refractivity contribution in [2.75, 3.05) is 25.1 Å². The Hall–Kier alpha value is -2.08. The second-order valence-corrected chi connectivity index (χ2v) is 6.21. The molecule has 2 heterocycles. The maximum Gasteiger partial charge on any atom is 0.252 e. The van der Waals surface area contributed by atoms with Crippen molar-refractivity contribution in [2.45, 2.75) is 44.8 Å². The Bertz CT molecular complexity index is 587. The molecule has 1 N–H and O–H groups in total. The van der Waals surface area contributed by atoms with E-state index in [1.807, 2.05) is 11.8 Å². The number of nitrogens with zero attached hydrogens (tertiary/aromatic N) is 1. The number of benzene rings is 1.